The summed E-state index contributed by atoms with van der Waals surface area (Å²) < 4.78 is 0.419. The minimum Gasteiger partial charge on any atom is -0.376 e. The normalized spacial score (nSPS) is 11.6. The van der Waals surface area contributed by atoms with Gasteiger partial charge in [0.05, 0.1) is 23.5 Å². The maximum absolute atomic E-state index is 11.4. The molecule has 2 N–H and O–H groups in total. The summed E-state index contributed by atoms with van der Waals surface area (Å²) in [5.74, 6) is 0. The molecular formula is C13H11BrN4O. The summed E-state index contributed by atoms with van der Waals surface area (Å²) in [5, 5.41) is 18.0. The Labute approximate surface area is 118 Å². The van der Waals surface area contributed by atoms with Crippen molar-refractivity contribution in [3.63, 3.8) is 0 Å². The Kier molecular flexibility index (Phi) is 3.97. The number of aromatic nitrogens is 2. The average Bonchev–Trinajstić information content (AvgIpc) is 2.44. The maximum atomic E-state index is 11.4. The van der Waals surface area contributed by atoms with Crippen molar-refractivity contribution in [2.45, 2.75) is 13.0 Å². The number of anilines is 1. The average molecular weight is 319 g/mol. The molecule has 0 aliphatic heterocycles. The topological polar surface area (TPSA) is 81.6 Å². The second-order valence-corrected chi connectivity index (χ2v) is 4.82. The second-order valence-electron chi connectivity index (χ2n) is 4.03. The summed E-state index contributed by atoms with van der Waals surface area (Å²) >= 11 is 3.21. The highest BCUT2D eigenvalue weighted by atomic mass is 79.9. The number of rotatable bonds is 3. The second kappa shape index (κ2) is 5.67. The summed E-state index contributed by atoms with van der Waals surface area (Å²) in [7, 11) is 0. The van der Waals surface area contributed by atoms with Gasteiger partial charge in [-0.1, -0.05) is 12.1 Å². The molecule has 2 aromatic rings. The molecule has 19 heavy (non-hydrogen) atoms. The highest BCUT2D eigenvalue weighted by Crippen LogP contribution is 2.22. The lowest BCUT2D eigenvalue weighted by Crippen LogP contribution is -2.14. The van der Waals surface area contributed by atoms with Crippen molar-refractivity contribution >= 4 is 21.6 Å². The van der Waals surface area contributed by atoms with Crippen LogP contribution in [0.5, 0.6) is 0 Å². The molecule has 1 aromatic carbocycles. The van der Waals surface area contributed by atoms with E-state index in [1.165, 1.54) is 0 Å². The fourth-order valence-corrected chi connectivity index (χ4v) is 1.95. The van der Waals surface area contributed by atoms with Gasteiger partial charge >= 0.3 is 0 Å². The zero-order valence-electron chi connectivity index (χ0n) is 10.1. The quantitative estimate of drug-likeness (QED) is 0.911. The predicted molar refractivity (Wildman–Crippen MR) is 75.8 cm³/mol. The van der Waals surface area contributed by atoms with Crippen molar-refractivity contribution in [1.82, 2.24) is 10.2 Å². The summed E-state index contributed by atoms with van der Waals surface area (Å²) in [5.41, 5.74) is 1.98. The van der Waals surface area contributed by atoms with Crippen molar-refractivity contribution < 1.29 is 0 Å². The van der Waals surface area contributed by atoms with Gasteiger partial charge in [0.25, 0.3) is 5.56 Å². The maximum Gasteiger partial charge on any atom is 0.280 e. The van der Waals surface area contributed by atoms with Crippen LogP contribution in [0.1, 0.15) is 24.1 Å². The molecule has 0 aliphatic rings. The first-order chi connectivity index (χ1) is 9.11. The zero-order chi connectivity index (χ0) is 13.8. The number of aromatic amines is 1. The summed E-state index contributed by atoms with van der Waals surface area (Å²) in [6, 6.07) is 9.35. The summed E-state index contributed by atoms with van der Waals surface area (Å²) in [4.78, 5) is 11.4. The molecule has 0 amide bonds. The molecule has 96 valence electrons. The Balaban J connectivity index is 2.21. The molecule has 0 saturated heterocycles. The molecule has 1 unspecified atom stereocenters. The summed E-state index contributed by atoms with van der Waals surface area (Å²) in [6.45, 7) is 1.97. The Bertz CT molecular complexity index is 672. The van der Waals surface area contributed by atoms with Crippen molar-refractivity contribution in [1.29, 1.82) is 5.26 Å². The number of hydrogen-bond acceptors (Lipinski definition) is 4. The number of nitriles is 1. The van der Waals surface area contributed by atoms with Crippen LogP contribution in [0.4, 0.5) is 5.69 Å². The molecule has 1 heterocycles. The Morgan fingerprint density at radius 3 is 2.74 bits per heavy atom. The molecule has 0 aliphatic carbocycles. The van der Waals surface area contributed by atoms with Crippen LogP contribution in [0.25, 0.3) is 0 Å². The van der Waals surface area contributed by atoms with E-state index in [4.69, 9.17) is 5.26 Å². The van der Waals surface area contributed by atoms with E-state index < -0.39 is 0 Å². The molecule has 6 heteroatoms. The number of hydrogen-bond donors (Lipinski definition) is 2. The number of benzene rings is 1. The van der Waals surface area contributed by atoms with Gasteiger partial charge in [-0.3, -0.25) is 4.79 Å². The molecule has 0 radical (unpaired) electrons. The third-order valence-electron chi connectivity index (χ3n) is 2.71. The monoisotopic (exact) mass is 318 g/mol. The van der Waals surface area contributed by atoms with Gasteiger partial charge in [-0.05, 0) is 40.5 Å². The van der Waals surface area contributed by atoms with Crippen LogP contribution in [-0.2, 0) is 0 Å². The fourth-order valence-electron chi connectivity index (χ4n) is 1.65. The molecule has 0 bridgehead atoms. The smallest absolute Gasteiger partial charge is 0.280 e. The minimum absolute atomic E-state index is 0.00681. The van der Waals surface area contributed by atoms with E-state index in [9.17, 15) is 4.79 Å². The fraction of sp³-hybridized carbons (Fsp3) is 0.154. The first-order valence-electron chi connectivity index (χ1n) is 5.61. The Morgan fingerprint density at radius 1 is 1.42 bits per heavy atom. The zero-order valence-corrected chi connectivity index (χ0v) is 11.7. The molecule has 5 nitrogen and oxygen atoms in total. The van der Waals surface area contributed by atoms with E-state index in [0.717, 1.165) is 5.56 Å². The van der Waals surface area contributed by atoms with E-state index >= 15 is 0 Å². The van der Waals surface area contributed by atoms with Crippen LogP contribution in [0.15, 0.2) is 39.7 Å². The van der Waals surface area contributed by atoms with Crippen LogP contribution in [0.2, 0.25) is 0 Å². The van der Waals surface area contributed by atoms with Crippen LogP contribution in [0, 0.1) is 11.3 Å². The summed E-state index contributed by atoms with van der Waals surface area (Å²) in [6.07, 6.45) is 1.55. The largest absolute Gasteiger partial charge is 0.376 e. The Hall–Kier alpha value is -2.13. The molecule has 1 aromatic heterocycles. The van der Waals surface area contributed by atoms with Crippen LogP contribution < -0.4 is 10.9 Å². The van der Waals surface area contributed by atoms with Gasteiger partial charge in [-0.25, -0.2) is 5.10 Å². The van der Waals surface area contributed by atoms with Crippen molar-refractivity contribution in [3.8, 4) is 6.07 Å². The van der Waals surface area contributed by atoms with Gasteiger partial charge in [-0.15, -0.1) is 0 Å². The van der Waals surface area contributed by atoms with E-state index in [0.29, 0.717) is 15.7 Å². The van der Waals surface area contributed by atoms with E-state index in [1.807, 2.05) is 19.1 Å². The van der Waals surface area contributed by atoms with Gasteiger partial charge < -0.3 is 5.32 Å². The number of nitrogens with zero attached hydrogens (tertiary/aromatic N) is 2. The molecule has 0 fully saturated rings. The first-order valence-corrected chi connectivity index (χ1v) is 6.41. The van der Waals surface area contributed by atoms with Gasteiger partial charge in [0.1, 0.15) is 4.47 Å². The number of halogens is 1. The van der Waals surface area contributed by atoms with E-state index in [-0.39, 0.29) is 11.6 Å². The lowest BCUT2D eigenvalue weighted by Gasteiger charge is -2.16. The predicted octanol–water partition coefficient (Wildman–Crippen LogP) is 2.58. The third-order valence-corrected chi connectivity index (χ3v) is 3.49. The van der Waals surface area contributed by atoms with E-state index in [2.05, 4.69) is 37.5 Å². The van der Waals surface area contributed by atoms with Crippen LogP contribution >= 0.6 is 15.9 Å². The standard InChI is InChI=1S/C13H11BrN4O/c1-8(10-4-2-9(6-15)3-5-10)17-11-7-16-18-13(19)12(11)14/h2-5,7-8H,1H3,(H2,17,18,19). The molecule has 1 atom stereocenters. The van der Waals surface area contributed by atoms with Crippen molar-refractivity contribution in [3.05, 3.63) is 56.4 Å². The molecular weight excluding hydrogens is 308 g/mol. The minimum atomic E-state index is -0.281. The van der Waals surface area contributed by atoms with Crippen molar-refractivity contribution in [2.24, 2.45) is 0 Å². The van der Waals surface area contributed by atoms with Gasteiger partial charge in [-0.2, -0.15) is 10.4 Å². The van der Waals surface area contributed by atoms with Crippen LogP contribution in [0.3, 0.4) is 0 Å². The third kappa shape index (κ3) is 3.01. The van der Waals surface area contributed by atoms with Gasteiger partial charge in [0, 0.05) is 6.04 Å². The van der Waals surface area contributed by atoms with Crippen LogP contribution in [-0.4, -0.2) is 10.2 Å². The van der Waals surface area contributed by atoms with Crippen molar-refractivity contribution in [2.75, 3.05) is 5.32 Å². The first kappa shape index (κ1) is 13.3. The lowest BCUT2D eigenvalue weighted by atomic mass is 10.1. The number of nitrogens with one attached hydrogen (secondary N) is 2. The highest BCUT2D eigenvalue weighted by Gasteiger charge is 2.09. The van der Waals surface area contributed by atoms with E-state index in [1.54, 1.807) is 18.3 Å². The Morgan fingerprint density at radius 2 is 2.11 bits per heavy atom. The number of H-pyrrole nitrogens is 1. The highest BCUT2D eigenvalue weighted by molar-refractivity contribution is 9.10. The SMILES string of the molecule is CC(Nc1cn[nH]c(=O)c1Br)c1ccc(C#N)cc1. The molecule has 0 saturated carbocycles. The molecule has 2 rings (SSSR count). The van der Waals surface area contributed by atoms with Gasteiger partial charge in [0.15, 0.2) is 0 Å². The lowest BCUT2D eigenvalue weighted by molar-refractivity contribution is 0.871. The molecule has 0 spiro atoms. The van der Waals surface area contributed by atoms with Gasteiger partial charge in [0.2, 0.25) is 0 Å².